The summed E-state index contributed by atoms with van der Waals surface area (Å²) in [5, 5.41) is 11.4. The molecule has 3 aromatic rings. The zero-order valence-electron chi connectivity index (χ0n) is 20.4. The van der Waals surface area contributed by atoms with Gasteiger partial charge >= 0.3 is 5.97 Å². The molecule has 1 atom stereocenters. The molecule has 0 saturated heterocycles. The zero-order valence-corrected chi connectivity index (χ0v) is 21.2. The summed E-state index contributed by atoms with van der Waals surface area (Å²) in [4.78, 5) is 20.3. The number of aliphatic carboxylic acids is 1. The third kappa shape index (κ3) is 7.45. The lowest BCUT2D eigenvalue weighted by molar-refractivity contribution is -0.138. The van der Waals surface area contributed by atoms with Crippen molar-refractivity contribution in [2.24, 2.45) is 11.8 Å². The molecule has 1 aromatic carbocycles. The second-order valence-corrected chi connectivity index (χ2v) is 11.0. The second kappa shape index (κ2) is 11.6. The maximum atomic E-state index is 13.0. The Labute approximate surface area is 206 Å². The van der Waals surface area contributed by atoms with Crippen LogP contribution in [0, 0.1) is 11.8 Å². The predicted molar refractivity (Wildman–Crippen MR) is 134 cm³/mol. The van der Waals surface area contributed by atoms with Gasteiger partial charge < -0.3 is 9.84 Å². The van der Waals surface area contributed by atoms with Crippen molar-refractivity contribution in [3.05, 3.63) is 60.6 Å². The van der Waals surface area contributed by atoms with Gasteiger partial charge in [0.05, 0.1) is 0 Å². The number of ether oxygens (including phenoxy) is 1. The fourth-order valence-electron chi connectivity index (χ4n) is 3.63. The van der Waals surface area contributed by atoms with Crippen molar-refractivity contribution >= 4 is 27.0 Å². The second-order valence-electron chi connectivity index (χ2n) is 9.28. The first-order chi connectivity index (χ1) is 16.5. The molecule has 10 heteroatoms. The van der Waals surface area contributed by atoms with Gasteiger partial charge in [0, 0.05) is 42.5 Å². The molecular formula is C25H32N4O5S. The number of nitrogens with zero attached hydrogens (tertiary/aromatic N) is 3. The number of fused-ring (bicyclic) bond motifs is 1. The highest BCUT2D eigenvalue weighted by molar-refractivity contribution is 7.87. The number of hydrogen-bond donors (Lipinski definition) is 2. The summed E-state index contributed by atoms with van der Waals surface area (Å²) in [6.07, 6.45) is 5.02. The van der Waals surface area contributed by atoms with Crippen LogP contribution in [-0.4, -0.2) is 52.9 Å². The van der Waals surface area contributed by atoms with Gasteiger partial charge in [0.15, 0.2) is 0 Å². The first-order valence-electron chi connectivity index (χ1n) is 11.5. The van der Waals surface area contributed by atoms with Crippen molar-refractivity contribution in [2.45, 2.75) is 40.2 Å². The fourth-order valence-corrected chi connectivity index (χ4v) is 5.31. The van der Waals surface area contributed by atoms with Gasteiger partial charge in [-0.05, 0) is 48.1 Å². The summed E-state index contributed by atoms with van der Waals surface area (Å²) in [5.74, 6) is -0.0685. The minimum Gasteiger partial charge on any atom is -0.480 e. The van der Waals surface area contributed by atoms with E-state index in [1.165, 1.54) is 4.31 Å². The van der Waals surface area contributed by atoms with Crippen molar-refractivity contribution in [1.29, 1.82) is 0 Å². The standard InChI is InChI=1S/C25H32N4O5S/c1-17(2)15-29(16-18(3)4)35(32,33)28-23(25(30)31)13-19-5-7-21(8-6-19)34-24-22-10-11-26-14-20(22)9-12-27-24/h5-12,14,17-18,23,28H,13,15-16H2,1-4H3,(H,30,31)/t23-/m0/s1. The number of carbonyl (C=O) groups is 1. The minimum absolute atomic E-state index is 0.00969. The molecule has 0 aliphatic heterocycles. The lowest BCUT2D eigenvalue weighted by Crippen LogP contribution is -2.50. The minimum atomic E-state index is -3.98. The molecule has 188 valence electrons. The SMILES string of the molecule is CC(C)CN(CC(C)C)S(=O)(=O)N[C@@H](Cc1ccc(Oc2nccc3cnccc23)cc1)C(=O)O. The Hall–Kier alpha value is -3.08. The summed E-state index contributed by atoms with van der Waals surface area (Å²) in [6.45, 7) is 8.31. The Kier molecular flexibility index (Phi) is 8.76. The lowest BCUT2D eigenvalue weighted by atomic mass is 10.1. The summed E-state index contributed by atoms with van der Waals surface area (Å²) < 4.78 is 35.6. The number of rotatable bonds is 12. The molecule has 0 amide bonds. The van der Waals surface area contributed by atoms with Gasteiger partial charge in [0.25, 0.3) is 10.2 Å². The van der Waals surface area contributed by atoms with E-state index in [9.17, 15) is 18.3 Å². The smallest absolute Gasteiger partial charge is 0.322 e. The van der Waals surface area contributed by atoms with Crippen LogP contribution in [0.4, 0.5) is 0 Å². The average molecular weight is 501 g/mol. The van der Waals surface area contributed by atoms with Gasteiger partial charge in [-0.2, -0.15) is 17.4 Å². The number of carboxylic acids is 1. The molecule has 9 nitrogen and oxygen atoms in total. The van der Waals surface area contributed by atoms with E-state index in [-0.39, 0.29) is 18.3 Å². The zero-order chi connectivity index (χ0) is 25.6. The Morgan fingerprint density at radius 2 is 1.69 bits per heavy atom. The summed E-state index contributed by atoms with van der Waals surface area (Å²) >= 11 is 0. The van der Waals surface area contributed by atoms with Gasteiger partial charge in [0.2, 0.25) is 5.88 Å². The topological polar surface area (TPSA) is 122 Å². The van der Waals surface area contributed by atoms with Crippen LogP contribution >= 0.6 is 0 Å². The Morgan fingerprint density at radius 3 is 2.29 bits per heavy atom. The molecule has 0 fully saturated rings. The van der Waals surface area contributed by atoms with Crippen molar-refractivity contribution in [3.63, 3.8) is 0 Å². The van der Waals surface area contributed by atoms with Crippen LogP contribution in [0.3, 0.4) is 0 Å². The normalized spacial score (nSPS) is 13.0. The molecular weight excluding hydrogens is 468 g/mol. The average Bonchev–Trinajstić information content (AvgIpc) is 2.79. The van der Waals surface area contributed by atoms with Crippen molar-refractivity contribution in [3.8, 4) is 11.6 Å². The Bertz CT molecular complexity index is 1230. The van der Waals surface area contributed by atoms with E-state index < -0.39 is 22.2 Å². The third-order valence-corrected chi connectivity index (χ3v) is 6.73. The van der Waals surface area contributed by atoms with Crippen molar-refractivity contribution < 1.29 is 23.1 Å². The highest BCUT2D eigenvalue weighted by atomic mass is 32.2. The quantitative estimate of drug-likeness (QED) is 0.387. The fraction of sp³-hybridized carbons (Fsp3) is 0.400. The molecule has 2 N–H and O–H groups in total. The van der Waals surface area contributed by atoms with Crippen molar-refractivity contribution in [1.82, 2.24) is 19.0 Å². The lowest BCUT2D eigenvalue weighted by Gasteiger charge is -2.27. The van der Waals surface area contributed by atoms with E-state index in [1.807, 2.05) is 39.8 Å². The van der Waals surface area contributed by atoms with Gasteiger partial charge in [-0.15, -0.1) is 0 Å². The largest absolute Gasteiger partial charge is 0.480 e. The number of pyridine rings is 2. The van der Waals surface area contributed by atoms with Gasteiger partial charge in [-0.1, -0.05) is 39.8 Å². The van der Waals surface area contributed by atoms with E-state index in [0.29, 0.717) is 30.3 Å². The van der Waals surface area contributed by atoms with Gasteiger partial charge in [-0.25, -0.2) is 4.98 Å². The van der Waals surface area contributed by atoms with Crippen LogP contribution in [0.15, 0.2) is 55.0 Å². The highest BCUT2D eigenvalue weighted by Gasteiger charge is 2.30. The molecule has 0 spiro atoms. The number of aromatic nitrogens is 2. The van der Waals surface area contributed by atoms with Gasteiger partial charge in [0.1, 0.15) is 11.8 Å². The first kappa shape index (κ1) is 26.5. The molecule has 0 unspecified atom stereocenters. The van der Waals surface area contributed by atoms with E-state index >= 15 is 0 Å². The van der Waals surface area contributed by atoms with E-state index in [2.05, 4.69) is 14.7 Å². The van der Waals surface area contributed by atoms with Crippen molar-refractivity contribution in [2.75, 3.05) is 13.1 Å². The first-order valence-corrected chi connectivity index (χ1v) is 12.9. The van der Waals surface area contributed by atoms with Crippen LogP contribution in [-0.2, 0) is 21.4 Å². The van der Waals surface area contributed by atoms with Crippen LogP contribution in [0.2, 0.25) is 0 Å². The summed E-state index contributed by atoms with van der Waals surface area (Å²) in [7, 11) is -3.98. The summed E-state index contributed by atoms with van der Waals surface area (Å²) in [5.41, 5.74) is 0.654. The molecule has 2 heterocycles. The van der Waals surface area contributed by atoms with Crippen LogP contribution in [0.25, 0.3) is 10.8 Å². The van der Waals surface area contributed by atoms with Crippen LogP contribution in [0.1, 0.15) is 33.3 Å². The maximum absolute atomic E-state index is 13.0. The van der Waals surface area contributed by atoms with E-state index in [0.717, 1.165) is 10.8 Å². The number of nitrogens with one attached hydrogen (secondary N) is 1. The molecule has 0 radical (unpaired) electrons. The predicted octanol–water partition coefficient (Wildman–Crippen LogP) is 3.87. The van der Waals surface area contributed by atoms with Crippen LogP contribution in [0.5, 0.6) is 11.6 Å². The molecule has 0 aliphatic rings. The van der Waals surface area contributed by atoms with E-state index in [4.69, 9.17) is 4.74 Å². The maximum Gasteiger partial charge on any atom is 0.322 e. The molecule has 35 heavy (non-hydrogen) atoms. The molecule has 0 bridgehead atoms. The Morgan fingerprint density at radius 1 is 1.03 bits per heavy atom. The molecule has 0 aliphatic carbocycles. The van der Waals surface area contributed by atoms with Gasteiger partial charge in [-0.3, -0.25) is 9.78 Å². The molecule has 2 aromatic heterocycles. The highest BCUT2D eigenvalue weighted by Crippen LogP contribution is 2.27. The number of benzene rings is 1. The molecule has 3 rings (SSSR count). The number of hydrogen-bond acceptors (Lipinski definition) is 6. The Balaban J connectivity index is 1.73. The summed E-state index contributed by atoms with van der Waals surface area (Å²) in [6, 6.07) is 9.19. The van der Waals surface area contributed by atoms with E-state index in [1.54, 1.807) is 42.9 Å². The monoisotopic (exact) mass is 500 g/mol. The number of carboxylic acid groups (broad SMARTS) is 1. The van der Waals surface area contributed by atoms with Crippen LogP contribution < -0.4 is 9.46 Å². The molecule has 0 saturated carbocycles. The third-order valence-electron chi connectivity index (χ3n) is 5.17.